The number of fused-ring (bicyclic) bond motifs is 2. The third-order valence-electron chi connectivity index (χ3n) is 4.67. The molecule has 2 atom stereocenters. The van der Waals surface area contributed by atoms with Gasteiger partial charge in [0.15, 0.2) is 0 Å². The second kappa shape index (κ2) is 3.95. The molecule has 5 heteroatoms. The van der Waals surface area contributed by atoms with E-state index in [1.165, 1.54) is 0 Å². The van der Waals surface area contributed by atoms with E-state index < -0.39 is 5.60 Å². The smallest absolute Gasteiger partial charge is 0.0992 e. The molecule has 0 amide bonds. The number of pyridine rings is 1. The van der Waals surface area contributed by atoms with Gasteiger partial charge in [0, 0.05) is 11.8 Å². The summed E-state index contributed by atoms with van der Waals surface area (Å²) in [5, 5.41) is 15.1. The molecule has 0 bridgehead atoms. The van der Waals surface area contributed by atoms with Gasteiger partial charge in [-0.1, -0.05) is 11.6 Å². The molecule has 2 aromatic rings. The number of nitrogens with one attached hydrogen (secondary N) is 1. The van der Waals surface area contributed by atoms with E-state index in [0.717, 1.165) is 37.0 Å². The Kier molecular flexibility index (Phi) is 2.43. The fraction of sp³-hybridized carbons (Fsp3) is 0.500. The summed E-state index contributed by atoms with van der Waals surface area (Å²) >= 11 is 6.17. The Balaban J connectivity index is 1.83. The van der Waals surface area contributed by atoms with Crippen LogP contribution >= 0.6 is 11.6 Å². The summed E-state index contributed by atoms with van der Waals surface area (Å²) < 4.78 is 1.89. The zero-order valence-corrected chi connectivity index (χ0v) is 11.3. The molecule has 0 unspecified atom stereocenters. The molecule has 4 rings (SSSR count). The number of hydrogen-bond acceptors (Lipinski definition) is 3. The second-order valence-corrected chi connectivity index (χ2v) is 6.31. The molecule has 0 radical (unpaired) electrons. The fourth-order valence-corrected chi connectivity index (χ4v) is 4.02. The molecule has 2 aliphatic rings. The Labute approximate surface area is 116 Å². The van der Waals surface area contributed by atoms with Gasteiger partial charge in [0.05, 0.1) is 28.7 Å². The van der Waals surface area contributed by atoms with E-state index in [9.17, 15) is 5.11 Å². The third kappa shape index (κ3) is 1.71. The summed E-state index contributed by atoms with van der Waals surface area (Å²) in [7, 11) is 0. The maximum absolute atomic E-state index is 11.1. The number of nitrogens with zero attached hydrogens (tertiary/aromatic N) is 2. The standard InChI is InChI=1S/C14H16ClN3O/c15-11-1-12(13-6-17-8-18(13)7-11)14(19)2-9-4-16-5-10(9)3-14/h1,6-10,16,19H,2-5H2/t9-,10-/m0/s1. The minimum atomic E-state index is -0.760. The molecule has 4 nitrogen and oxygen atoms in total. The van der Waals surface area contributed by atoms with Gasteiger partial charge in [-0.3, -0.25) is 0 Å². The third-order valence-corrected chi connectivity index (χ3v) is 4.87. The van der Waals surface area contributed by atoms with Gasteiger partial charge in [0.2, 0.25) is 0 Å². The Morgan fingerprint density at radius 2 is 2.11 bits per heavy atom. The van der Waals surface area contributed by atoms with Gasteiger partial charge in [-0.25, -0.2) is 4.98 Å². The van der Waals surface area contributed by atoms with Crippen molar-refractivity contribution in [2.24, 2.45) is 11.8 Å². The van der Waals surface area contributed by atoms with Crippen molar-refractivity contribution < 1.29 is 5.11 Å². The molecule has 0 aromatic carbocycles. The van der Waals surface area contributed by atoms with E-state index in [2.05, 4.69) is 10.3 Å². The van der Waals surface area contributed by atoms with Crippen molar-refractivity contribution in [2.75, 3.05) is 13.1 Å². The van der Waals surface area contributed by atoms with E-state index in [-0.39, 0.29) is 0 Å². The molecule has 1 saturated carbocycles. The van der Waals surface area contributed by atoms with Crippen molar-refractivity contribution in [1.29, 1.82) is 0 Å². The topological polar surface area (TPSA) is 49.6 Å². The number of aliphatic hydroxyl groups is 1. The molecular formula is C14H16ClN3O. The number of halogens is 1. The highest BCUT2D eigenvalue weighted by Crippen LogP contribution is 2.48. The lowest BCUT2D eigenvalue weighted by molar-refractivity contribution is 0.0370. The van der Waals surface area contributed by atoms with Gasteiger partial charge in [-0.2, -0.15) is 0 Å². The quantitative estimate of drug-likeness (QED) is 0.836. The molecule has 2 aromatic heterocycles. The second-order valence-electron chi connectivity index (χ2n) is 5.88. The summed E-state index contributed by atoms with van der Waals surface area (Å²) in [6, 6.07) is 1.90. The molecule has 19 heavy (non-hydrogen) atoms. The normalized spacial score (nSPS) is 28.9. The minimum Gasteiger partial charge on any atom is -0.385 e. The van der Waals surface area contributed by atoms with Gasteiger partial charge in [0.1, 0.15) is 0 Å². The first-order valence-corrected chi connectivity index (χ1v) is 7.08. The number of rotatable bonds is 1. The molecular weight excluding hydrogens is 262 g/mol. The molecule has 1 aliphatic heterocycles. The first-order chi connectivity index (χ1) is 9.16. The molecule has 2 fully saturated rings. The minimum absolute atomic E-state index is 0.576. The fourth-order valence-electron chi connectivity index (χ4n) is 3.81. The maximum Gasteiger partial charge on any atom is 0.0992 e. The van der Waals surface area contributed by atoms with Crippen molar-refractivity contribution in [3.05, 3.63) is 35.4 Å². The molecule has 100 valence electrons. The molecule has 3 heterocycles. The highest BCUT2D eigenvalue weighted by molar-refractivity contribution is 6.30. The van der Waals surface area contributed by atoms with E-state index in [1.807, 2.05) is 16.7 Å². The van der Waals surface area contributed by atoms with Gasteiger partial charge >= 0.3 is 0 Å². The summed E-state index contributed by atoms with van der Waals surface area (Å²) in [5.74, 6) is 1.15. The highest BCUT2D eigenvalue weighted by atomic mass is 35.5. The summed E-state index contributed by atoms with van der Waals surface area (Å²) in [6.07, 6.45) is 6.98. The highest BCUT2D eigenvalue weighted by Gasteiger charge is 2.47. The van der Waals surface area contributed by atoms with Crippen LogP contribution in [0.4, 0.5) is 0 Å². The van der Waals surface area contributed by atoms with Gasteiger partial charge < -0.3 is 14.8 Å². The lowest BCUT2D eigenvalue weighted by atomic mass is 9.90. The van der Waals surface area contributed by atoms with E-state index in [1.54, 1.807) is 12.5 Å². The SMILES string of the molecule is OC1(c2cc(Cl)cn3cncc23)C[C@H]2CNC[C@@H]2C1. The van der Waals surface area contributed by atoms with Gasteiger partial charge in [-0.15, -0.1) is 0 Å². The summed E-state index contributed by atoms with van der Waals surface area (Å²) in [6.45, 7) is 2.03. The van der Waals surface area contributed by atoms with Crippen molar-refractivity contribution >= 4 is 17.1 Å². The van der Waals surface area contributed by atoms with Crippen molar-refractivity contribution in [1.82, 2.24) is 14.7 Å². The number of aromatic nitrogens is 2. The zero-order chi connectivity index (χ0) is 13.0. The van der Waals surface area contributed by atoms with Gasteiger partial charge in [-0.05, 0) is 43.8 Å². The Morgan fingerprint density at radius 3 is 2.84 bits per heavy atom. The average Bonchev–Trinajstić information content (AvgIpc) is 3.01. The number of imidazole rings is 1. The summed E-state index contributed by atoms with van der Waals surface area (Å²) in [4.78, 5) is 4.16. The predicted octanol–water partition coefficient (Wildman–Crippen LogP) is 1.80. The maximum atomic E-state index is 11.1. The first kappa shape index (κ1) is 11.7. The van der Waals surface area contributed by atoms with Crippen molar-refractivity contribution in [2.45, 2.75) is 18.4 Å². The Hall–Kier alpha value is -1.10. The molecule has 0 spiro atoms. The van der Waals surface area contributed by atoms with Crippen LogP contribution in [0.15, 0.2) is 24.8 Å². The van der Waals surface area contributed by atoms with Gasteiger partial charge in [0.25, 0.3) is 0 Å². The lowest BCUT2D eigenvalue weighted by Crippen LogP contribution is -2.26. The zero-order valence-electron chi connectivity index (χ0n) is 10.5. The van der Waals surface area contributed by atoms with Crippen LogP contribution in [0.3, 0.4) is 0 Å². The van der Waals surface area contributed by atoms with E-state index in [0.29, 0.717) is 16.9 Å². The van der Waals surface area contributed by atoms with Crippen LogP contribution in [0.25, 0.3) is 5.52 Å². The van der Waals surface area contributed by atoms with Crippen LogP contribution in [-0.4, -0.2) is 27.6 Å². The predicted molar refractivity (Wildman–Crippen MR) is 73.2 cm³/mol. The van der Waals surface area contributed by atoms with Crippen LogP contribution in [0.5, 0.6) is 0 Å². The van der Waals surface area contributed by atoms with E-state index in [4.69, 9.17) is 11.6 Å². The average molecular weight is 278 g/mol. The molecule has 1 aliphatic carbocycles. The largest absolute Gasteiger partial charge is 0.385 e. The van der Waals surface area contributed by atoms with Crippen LogP contribution in [0.2, 0.25) is 5.02 Å². The molecule has 1 saturated heterocycles. The van der Waals surface area contributed by atoms with Crippen LogP contribution in [0, 0.1) is 11.8 Å². The number of hydrogen-bond donors (Lipinski definition) is 2. The van der Waals surface area contributed by atoms with E-state index >= 15 is 0 Å². The monoisotopic (exact) mass is 277 g/mol. The first-order valence-electron chi connectivity index (χ1n) is 6.70. The van der Waals surface area contributed by atoms with Crippen molar-refractivity contribution in [3.8, 4) is 0 Å². The van der Waals surface area contributed by atoms with Crippen LogP contribution in [-0.2, 0) is 5.60 Å². The molecule has 2 N–H and O–H groups in total. The Bertz CT molecular complexity index is 627. The van der Waals surface area contributed by atoms with Crippen LogP contribution < -0.4 is 5.32 Å². The Morgan fingerprint density at radius 1 is 1.37 bits per heavy atom. The van der Waals surface area contributed by atoms with Crippen LogP contribution in [0.1, 0.15) is 18.4 Å². The van der Waals surface area contributed by atoms with Crippen molar-refractivity contribution in [3.63, 3.8) is 0 Å². The summed E-state index contributed by atoms with van der Waals surface area (Å²) in [5.41, 5.74) is 1.12. The lowest BCUT2D eigenvalue weighted by Gasteiger charge is -2.25.